The molecular weight excluding hydrogens is 196 g/mol. The third-order valence-corrected chi connectivity index (χ3v) is 3.98. The molecule has 0 radical (unpaired) electrons. The van der Waals surface area contributed by atoms with Crippen molar-refractivity contribution in [3.63, 3.8) is 0 Å². The van der Waals surface area contributed by atoms with Gasteiger partial charge in [0.15, 0.2) is 0 Å². The molecule has 1 aromatic heterocycles. The Balaban J connectivity index is 1.82. The average Bonchev–Trinajstić information content (AvgIpc) is 2.96. The van der Waals surface area contributed by atoms with Crippen molar-refractivity contribution in [2.75, 3.05) is 0 Å². The van der Waals surface area contributed by atoms with Crippen LogP contribution in [-0.2, 0) is 13.1 Å². The Hall–Kier alpha value is -0.760. The summed E-state index contributed by atoms with van der Waals surface area (Å²) in [5.41, 5.74) is 1.41. The van der Waals surface area contributed by atoms with Crippen LogP contribution in [0, 0.1) is 5.92 Å². The lowest BCUT2D eigenvalue weighted by Gasteiger charge is -2.20. The third kappa shape index (κ3) is 2.67. The van der Waals surface area contributed by atoms with E-state index in [2.05, 4.69) is 42.1 Å². The van der Waals surface area contributed by atoms with Gasteiger partial charge in [0.1, 0.15) is 0 Å². The predicted molar refractivity (Wildman–Crippen MR) is 68.4 cm³/mol. The van der Waals surface area contributed by atoms with Crippen LogP contribution in [0.3, 0.4) is 0 Å². The van der Waals surface area contributed by atoms with Crippen molar-refractivity contribution in [3.8, 4) is 0 Å². The van der Waals surface area contributed by atoms with Gasteiger partial charge < -0.3 is 9.88 Å². The molecule has 1 fully saturated rings. The van der Waals surface area contributed by atoms with Crippen LogP contribution in [0.5, 0.6) is 0 Å². The smallest absolute Gasteiger partial charge is 0.0361 e. The summed E-state index contributed by atoms with van der Waals surface area (Å²) in [6.45, 7) is 6.62. The molecule has 1 N–H and O–H groups in total. The first kappa shape index (κ1) is 11.7. The first-order valence-corrected chi connectivity index (χ1v) is 6.68. The molecule has 1 aromatic rings. The van der Waals surface area contributed by atoms with Crippen molar-refractivity contribution in [1.29, 1.82) is 0 Å². The zero-order valence-electron chi connectivity index (χ0n) is 10.6. The van der Waals surface area contributed by atoms with Gasteiger partial charge in [0.2, 0.25) is 0 Å². The van der Waals surface area contributed by atoms with E-state index in [1.807, 2.05) is 0 Å². The number of nitrogens with one attached hydrogen (secondary N) is 1. The molecule has 0 amide bonds. The molecule has 0 bridgehead atoms. The maximum atomic E-state index is 3.68. The number of aryl methyl sites for hydroxylation is 1. The molecular formula is C14H24N2. The zero-order valence-corrected chi connectivity index (χ0v) is 10.6. The Kier molecular flexibility index (Phi) is 4.05. The van der Waals surface area contributed by atoms with Crippen LogP contribution in [0.25, 0.3) is 0 Å². The van der Waals surface area contributed by atoms with Crippen molar-refractivity contribution in [2.24, 2.45) is 5.92 Å². The minimum Gasteiger partial charge on any atom is -0.351 e. The average molecular weight is 220 g/mol. The van der Waals surface area contributed by atoms with E-state index in [1.54, 1.807) is 0 Å². The van der Waals surface area contributed by atoms with Crippen molar-refractivity contribution < 1.29 is 0 Å². The number of hydrogen-bond donors (Lipinski definition) is 1. The normalized spacial score (nSPS) is 19.1. The van der Waals surface area contributed by atoms with Crippen LogP contribution < -0.4 is 5.32 Å². The van der Waals surface area contributed by atoms with Gasteiger partial charge in [-0.15, -0.1) is 0 Å². The highest BCUT2D eigenvalue weighted by molar-refractivity contribution is 5.07. The van der Waals surface area contributed by atoms with Crippen molar-refractivity contribution in [2.45, 2.75) is 58.7 Å². The highest BCUT2D eigenvalue weighted by atomic mass is 15.0. The van der Waals surface area contributed by atoms with Gasteiger partial charge in [-0.25, -0.2) is 0 Å². The van der Waals surface area contributed by atoms with Crippen molar-refractivity contribution in [1.82, 2.24) is 9.88 Å². The fraction of sp³-hybridized carbons (Fsp3) is 0.714. The molecule has 90 valence electrons. The minimum absolute atomic E-state index is 0.669. The van der Waals surface area contributed by atoms with Gasteiger partial charge in [0, 0.05) is 31.0 Å². The lowest BCUT2D eigenvalue weighted by atomic mass is 10.00. The van der Waals surface area contributed by atoms with Crippen LogP contribution in [-0.4, -0.2) is 10.6 Å². The summed E-state index contributed by atoms with van der Waals surface area (Å²) in [6, 6.07) is 5.03. The second-order valence-corrected chi connectivity index (χ2v) is 5.00. The highest BCUT2D eigenvalue weighted by Gasteiger charge is 2.20. The summed E-state index contributed by atoms with van der Waals surface area (Å²) < 4.78 is 2.31. The van der Waals surface area contributed by atoms with E-state index in [9.17, 15) is 0 Å². The van der Waals surface area contributed by atoms with E-state index < -0.39 is 0 Å². The zero-order chi connectivity index (χ0) is 11.4. The molecule has 0 saturated heterocycles. The van der Waals surface area contributed by atoms with E-state index in [1.165, 1.54) is 31.4 Å². The summed E-state index contributed by atoms with van der Waals surface area (Å²) >= 11 is 0. The summed E-state index contributed by atoms with van der Waals surface area (Å²) in [6.07, 6.45) is 7.87. The molecule has 1 heterocycles. The molecule has 1 saturated carbocycles. The van der Waals surface area contributed by atoms with E-state index >= 15 is 0 Å². The number of nitrogens with zero attached hydrogens (tertiary/aromatic N) is 1. The lowest BCUT2D eigenvalue weighted by molar-refractivity contribution is 0.376. The molecule has 1 aliphatic rings. The fourth-order valence-electron chi connectivity index (χ4n) is 2.81. The molecule has 1 unspecified atom stereocenters. The van der Waals surface area contributed by atoms with Gasteiger partial charge >= 0.3 is 0 Å². The molecule has 1 atom stereocenters. The summed E-state index contributed by atoms with van der Waals surface area (Å²) in [7, 11) is 0. The summed E-state index contributed by atoms with van der Waals surface area (Å²) in [5, 5.41) is 3.68. The van der Waals surface area contributed by atoms with E-state index in [4.69, 9.17) is 0 Å². The number of hydrogen-bond acceptors (Lipinski definition) is 1. The molecule has 2 rings (SSSR count). The Morgan fingerprint density at radius 3 is 2.88 bits per heavy atom. The fourth-order valence-corrected chi connectivity index (χ4v) is 2.81. The quantitative estimate of drug-likeness (QED) is 0.806. The maximum Gasteiger partial charge on any atom is 0.0361 e. The van der Waals surface area contributed by atoms with Gasteiger partial charge in [0.25, 0.3) is 0 Å². The Morgan fingerprint density at radius 2 is 2.19 bits per heavy atom. The van der Waals surface area contributed by atoms with Crippen molar-refractivity contribution in [3.05, 3.63) is 24.0 Å². The molecule has 0 aliphatic heterocycles. The maximum absolute atomic E-state index is 3.68. The van der Waals surface area contributed by atoms with Crippen LogP contribution in [0.2, 0.25) is 0 Å². The largest absolute Gasteiger partial charge is 0.351 e. The van der Waals surface area contributed by atoms with Crippen LogP contribution in [0.15, 0.2) is 18.3 Å². The third-order valence-electron chi connectivity index (χ3n) is 3.98. The summed E-state index contributed by atoms with van der Waals surface area (Å²) in [4.78, 5) is 0. The summed E-state index contributed by atoms with van der Waals surface area (Å²) in [5.74, 6) is 0.907. The van der Waals surface area contributed by atoms with Crippen molar-refractivity contribution >= 4 is 0 Å². The Bertz CT molecular complexity index is 310. The molecule has 2 nitrogen and oxygen atoms in total. The lowest BCUT2D eigenvalue weighted by Crippen LogP contribution is -2.32. The predicted octanol–water partition coefficient (Wildman–Crippen LogP) is 3.18. The highest BCUT2D eigenvalue weighted by Crippen LogP contribution is 2.27. The van der Waals surface area contributed by atoms with Gasteiger partial charge in [-0.3, -0.25) is 0 Å². The number of aromatic nitrogens is 1. The second kappa shape index (κ2) is 5.53. The Labute approximate surface area is 99.0 Å². The standard InChI is InChI=1S/C14H24N2/c1-3-16-10-6-9-14(16)11-15-12(2)13-7-4-5-8-13/h6,9-10,12-13,15H,3-5,7-8,11H2,1-2H3. The minimum atomic E-state index is 0.669. The van der Waals surface area contributed by atoms with Crippen LogP contribution in [0.4, 0.5) is 0 Å². The molecule has 0 spiro atoms. The van der Waals surface area contributed by atoms with E-state index in [0.717, 1.165) is 19.0 Å². The molecule has 2 heteroatoms. The van der Waals surface area contributed by atoms with Gasteiger partial charge in [0.05, 0.1) is 0 Å². The first-order valence-electron chi connectivity index (χ1n) is 6.68. The van der Waals surface area contributed by atoms with Gasteiger partial charge in [-0.05, 0) is 44.7 Å². The van der Waals surface area contributed by atoms with E-state index in [-0.39, 0.29) is 0 Å². The van der Waals surface area contributed by atoms with Gasteiger partial charge in [-0.1, -0.05) is 12.8 Å². The van der Waals surface area contributed by atoms with E-state index in [0.29, 0.717) is 6.04 Å². The molecule has 0 aromatic carbocycles. The monoisotopic (exact) mass is 220 g/mol. The van der Waals surface area contributed by atoms with Crippen LogP contribution >= 0.6 is 0 Å². The SMILES string of the molecule is CCn1cccc1CNC(C)C1CCCC1. The molecule has 1 aliphatic carbocycles. The number of rotatable bonds is 5. The first-order chi connectivity index (χ1) is 7.81. The topological polar surface area (TPSA) is 17.0 Å². The second-order valence-electron chi connectivity index (χ2n) is 5.00. The van der Waals surface area contributed by atoms with Crippen LogP contribution in [0.1, 0.15) is 45.2 Å². The molecule has 16 heavy (non-hydrogen) atoms. The van der Waals surface area contributed by atoms with Gasteiger partial charge in [-0.2, -0.15) is 0 Å². The Morgan fingerprint density at radius 1 is 1.44 bits per heavy atom.